The van der Waals surface area contributed by atoms with Crippen molar-refractivity contribution in [3.63, 3.8) is 0 Å². The number of nitrogens with one attached hydrogen (secondary N) is 1. The van der Waals surface area contributed by atoms with Crippen LogP contribution in [0.1, 0.15) is 0 Å². The van der Waals surface area contributed by atoms with Crippen molar-refractivity contribution in [2.75, 3.05) is 0 Å². The molecular weight excluding hydrogens is 178 g/mol. The predicted molar refractivity (Wildman–Crippen MR) is 51.6 cm³/mol. The van der Waals surface area contributed by atoms with Gasteiger partial charge >= 0.3 is 0 Å². The first-order chi connectivity index (χ1) is 6.93. The maximum Gasteiger partial charge on any atom is 0.245 e. The monoisotopic (exact) mass is 185 g/mol. The molecule has 0 radical (unpaired) electrons. The van der Waals surface area contributed by atoms with Crippen LogP contribution in [0.4, 0.5) is 0 Å². The Hall–Kier alpha value is -2.10. The van der Waals surface area contributed by atoms with Crippen molar-refractivity contribution in [2.24, 2.45) is 0 Å². The summed E-state index contributed by atoms with van der Waals surface area (Å²) in [5.41, 5.74) is 2.68. The van der Waals surface area contributed by atoms with E-state index < -0.39 is 0 Å². The number of hydrogen-bond acceptors (Lipinski definition) is 3. The van der Waals surface area contributed by atoms with Crippen LogP contribution in [0, 0.1) is 0 Å². The molecule has 4 nitrogen and oxygen atoms in total. The van der Waals surface area contributed by atoms with Crippen molar-refractivity contribution in [3.05, 3.63) is 36.9 Å². The predicted octanol–water partition coefficient (Wildman–Crippen LogP) is 2.22. The number of H-pyrrole nitrogens is 1. The highest BCUT2D eigenvalue weighted by molar-refractivity contribution is 5.77. The zero-order chi connectivity index (χ0) is 9.38. The smallest absolute Gasteiger partial charge is 0.245 e. The summed E-state index contributed by atoms with van der Waals surface area (Å²) in [4.78, 5) is 11.5. The molecule has 3 rings (SSSR count). The van der Waals surface area contributed by atoms with Crippen LogP contribution >= 0.6 is 0 Å². The summed E-state index contributed by atoms with van der Waals surface area (Å²) >= 11 is 0. The number of nitrogens with zero attached hydrogens (tertiary/aromatic N) is 2. The van der Waals surface area contributed by atoms with Crippen molar-refractivity contribution in [2.45, 2.75) is 0 Å². The fraction of sp³-hybridized carbons (Fsp3) is 0. The third-order valence-corrected chi connectivity index (χ3v) is 2.06. The fourth-order valence-electron chi connectivity index (χ4n) is 1.40. The van der Waals surface area contributed by atoms with Crippen molar-refractivity contribution >= 4 is 11.0 Å². The second kappa shape index (κ2) is 2.70. The topological polar surface area (TPSA) is 54.7 Å². The number of rotatable bonds is 1. The normalized spacial score (nSPS) is 10.9. The van der Waals surface area contributed by atoms with Crippen molar-refractivity contribution in [1.82, 2.24) is 15.0 Å². The Morgan fingerprint density at radius 2 is 2.21 bits per heavy atom. The fourth-order valence-corrected chi connectivity index (χ4v) is 1.40. The number of pyridine rings is 1. The van der Waals surface area contributed by atoms with Gasteiger partial charge in [-0.2, -0.15) is 0 Å². The molecular formula is C10H7N3O. The zero-order valence-corrected chi connectivity index (χ0v) is 7.27. The highest BCUT2D eigenvalue weighted by Crippen LogP contribution is 2.18. The summed E-state index contributed by atoms with van der Waals surface area (Å²) in [6.07, 6.45) is 5.01. The summed E-state index contributed by atoms with van der Waals surface area (Å²) in [5.74, 6) is 0.549. The molecule has 3 aromatic heterocycles. The van der Waals surface area contributed by atoms with E-state index in [0.717, 1.165) is 16.7 Å². The van der Waals surface area contributed by atoms with Crippen LogP contribution in [0.3, 0.4) is 0 Å². The lowest BCUT2D eigenvalue weighted by molar-refractivity contribution is 0.572. The van der Waals surface area contributed by atoms with E-state index in [-0.39, 0.29) is 0 Å². The van der Waals surface area contributed by atoms with E-state index in [2.05, 4.69) is 15.0 Å². The van der Waals surface area contributed by atoms with E-state index in [1.807, 2.05) is 24.4 Å². The Labute approximate surface area is 79.6 Å². The molecule has 1 N–H and O–H groups in total. The molecule has 0 atom stereocenters. The summed E-state index contributed by atoms with van der Waals surface area (Å²) in [6.45, 7) is 0. The minimum Gasteiger partial charge on any atom is -0.443 e. The van der Waals surface area contributed by atoms with E-state index in [0.29, 0.717) is 5.89 Å². The number of fused-ring (bicyclic) bond motifs is 1. The Morgan fingerprint density at radius 3 is 3.07 bits per heavy atom. The molecule has 0 bridgehead atoms. The third kappa shape index (κ3) is 1.01. The Kier molecular flexibility index (Phi) is 1.41. The molecule has 0 aliphatic carbocycles. The van der Waals surface area contributed by atoms with E-state index in [9.17, 15) is 0 Å². The number of aromatic nitrogens is 3. The third-order valence-electron chi connectivity index (χ3n) is 2.06. The molecule has 0 unspecified atom stereocenters. The summed E-state index contributed by atoms with van der Waals surface area (Å²) in [6, 6.07) is 5.76. The van der Waals surface area contributed by atoms with Gasteiger partial charge in [0.05, 0.1) is 17.2 Å². The summed E-state index contributed by atoms with van der Waals surface area (Å²) in [7, 11) is 0. The molecule has 0 saturated carbocycles. The van der Waals surface area contributed by atoms with Crippen LogP contribution in [0.2, 0.25) is 0 Å². The minimum atomic E-state index is 0.549. The van der Waals surface area contributed by atoms with Crippen LogP contribution in [0.25, 0.3) is 22.6 Å². The van der Waals surface area contributed by atoms with E-state index in [1.54, 1.807) is 12.5 Å². The van der Waals surface area contributed by atoms with Gasteiger partial charge in [0, 0.05) is 6.20 Å². The lowest BCUT2D eigenvalue weighted by Crippen LogP contribution is -1.82. The molecule has 14 heavy (non-hydrogen) atoms. The molecule has 0 saturated heterocycles. The van der Waals surface area contributed by atoms with Crippen LogP contribution in [-0.2, 0) is 0 Å². The largest absolute Gasteiger partial charge is 0.443 e. The lowest BCUT2D eigenvalue weighted by Gasteiger charge is -1.94. The Bertz CT molecular complexity index is 554. The number of aromatic amines is 1. The molecule has 0 amide bonds. The number of hydrogen-bond donors (Lipinski definition) is 1. The standard InChI is InChI=1S/C10H7N3O/c1-2-9(10-12-5-6-14-10)13-8-3-4-11-7(1)8/h1-6,11H. The molecule has 3 heterocycles. The van der Waals surface area contributed by atoms with Gasteiger partial charge < -0.3 is 9.40 Å². The van der Waals surface area contributed by atoms with Gasteiger partial charge in [-0.25, -0.2) is 9.97 Å². The molecule has 4 heteroatoms. The van der Waals surface area contributed by atoms with E-state index >= 15 is 0 Å². The van der Waals surface area contributed by atoms with Gasteiger partial charge in [-0.15, -0.1) is 0 Å². The SMILES string of the molecule is c1coc(-c2ccc3[nH]ccc3n2)n1. The highest BCUT2D eigenvalue weighted by atomic mass is 16.3. The van der Waals surface area contributed by atoms with Gasteiger partial charge in [0.2, 0.25) is 5.89 Å². The maximum atomic E-state index is 5.16. The van der Waals surface area contributed by atoms with E-state index in [4.69, 9.17) is 4.42 Å². The molecule has 68 valence electrons. The van der Waals surface area contributed by atoms with Crippen LogP contribution < -0.4 is 0 Å². The van der Waals surface area contributed by atoms with Crippen molar-refractivity contribution < 1.29 is 4.42 Å². The summed E-state index contributed by atoms with van der Waals surface area (Å²) in [5, 5.41) is 0. The van der Waals surface area contributed by atoms with Gasteiger partial charge in [-0.3, -0.25) is 0 Å². The zero-order valence-electron chi connectivity index (χ0n) is 7.27. The van der Waals surface area contributed by atoms with Gasteiger partial charge in [-0.05, 0) is 18.2 Å². The molecule has 0 aliphatic rings. The molecule has 0 aromatic carbocycles. The molecule has 0 spiro atoms. The second-order valence-electron chi connectivity index (χ2n) is 2.94. The first-order valence-corrected chi connectivity index (χ1v) is 4.27. The first kappa shape index (κ1) is 7.32. The summed E-state index contributed by atoms with van der Waals surface area (Å²) < 4.78 is 5.16. The van der Waals surface area contributed by atoms with Crippen LogP contribution in [0.5, 0.6) is 0 Å². The Morgan fingerprint density at radius 1 is 1.21 bits per heavy atom. The van der Waals surface area contributed by atoms with Gasteiger partial charge in [-0.1, -0.05) is 0 Å². The van der Waals surface area contributed by atoms with Gasteiger partial charge in [0.15, 0.2) is 0 Å². The first-order valence-electron chi connectivity index (χ1n) is 4.27. The Balaban J connectivity index is 2.23. The molecule has 0 fully saturated rings. The maximum absolute atomic E-state index is 5.16. The van der Waals surface area contributed by atoms with Crippen molar-refractivity contribution in [1.29, 1.82) is 0 Å². The van der Waals surface area contributed by atoms with E-state index in [1.165, 1.54) is 0 Å². The second-order valence-corrected chi connectivity index (χ2v) is 2.94. The average Bonchev–Trinajstić information content (AvgIpc) is 2.88. The molecule has 3 aromatic rings. The highest BCUT2D eigenvalue weighted by Gasteiger charge is 2.04. The van der Waals surface area contributed by atoms with Crippen molar-refractivity contribution in [3.8, 4) is 11.6 Å². The van der Waals surface area contributed by atoms with Crippen LogP contribution in [0.15, 0.2) is 41.3 Å². The minimum absolute atomic E-state index is 0.549. The lowest BCUT2D eigenvalue weighted by atomic mass is 10.3. The number of oxazole rings is 1. The molecule has 0 aliphatic heterocycles. The van der Waals surface area contributed by atoms with Gasteiger partial charge in [0.25, 0.3) is 0 Å². The van der Waals surface area contributed by atoms with Crippen LogP contribution in [-0.4, -0.2) is 15.0 Å². The quantitative estimate of drug-likeness (QED) is 0.632. The van der Waals surface area contributed by atoms with Gasteiger partial charge in [0.1, 0.15) is 12.0 Å². The average molecular weight is 185 g/mol.